The quantitative estimate of drug-likeness (QED) is 0.0261. The van der Waals surface area contributed by atoms with E-state index in [1.807, 2.05) is 0 Å². The Kier molecular flexibility index (Phi) is 64.3. The van der Waals surface area contributed by atoms with E-state index < -0.39 is 6.10 Å². The Labute approximate surface area is 495 Å². The third-order valence-electron chi connectivity index (χ3n) is 14.5. The molecule has 0 N–H and O–H groups in total. The summed E-state index contributed by atoms with van der Waals surface area (Å²) in [6, 6.07) is 0. The van der Waals surface area contributed by atoms with Crippen molar-refractivity contribution in [3.8, 4) is 0 Å². The topological polar surface area (TPSA) is 78.9 Å². The van der Waals surface area contributed by atoms with Crippen molar-refractivity contribution >= 4 is 17.9 Å². The van der Waals surface area contributed by atoms with Gasteiger partial charge in [-0.3, -0.25) is 14.4 Å². The maximum absolute atomic E-state index is 12.9. The van der Waals surface area contributed by atoms with Gasteiger partial charge in [-0.15, -0.1) is 0 Å². The molecule has 6 heteroatoms. The Morgan fingerprint density at radius 3 is 0.762 bits per heavy atom. The van der Waals surface area contributed by atoms with Crippen LogP contribution >= 0.6 is 0 Å². The molecule has 0 bridgehead atoms. The van der Waals surface area contributed by atoms with Crippen molar-refractivity contribution in [1.82, 2.24) is 0 Å². The minimum atomic E-state index is -0.800. The summed E-state index contributed by atoms with van der Waals surface area (Å²) in [6.07, 6.45) is 92.8. The first-order valence-corrected chi connectivity index (χ1v) is 33.9. The van der Waals surface area contributed by atoms with Crippen LogP contribution in [-0.4, -0.2) is 37.2 Å². The summed E-state index contributed by atoms with van der Waals surface area (Å²) in [7, 11) is 0. The molecule has 458 valence electrons. The summed E-state index contributed by atoms with van der Waals surface area (Å²) >= 11 is 0. The van der Waals surface area contributed by atoms with E-state index >= 15 is 0 Å². The molecule has 0 aromatic heterocycles. The summed E-state index contributed by atoms with van der Waals surface area (Å²) in [5.41, 5.74) is 0. The molecule has 1 unspecified atom stereocenters. The van der Waals surface area contributed by atoms with Crippen LogP contribution in [0.2, 0.25) is 0 Å². The molecule has 0 aliphatic carbocycles. The van der Waals surface area contributed by atoms with Crippen LogP contribution in [0, 0.1) is 0 Å². The predicted octanol–water partition coefficient (Wildman–Crippen LogP) is 23.4. The molecule has 1 atom stereocenters. The van der Waals surface area contributed by atoms with Gasteiger partial charge in [0.25, 0.3) is 0 Å². The molecule has 0 aliphatic rings. The molecule has 0 radical (unpaired) electrons. The number of ether oxygens (including phenoxy) is 3. The van der Waals surface area contributed by atoms with Crippen LogP contribution in [0.15, 0.2) is 109 Å². The average Bonchev–Trinajstić information content (AvgIpc) is 3.46. The Hall–Kier alpha value is -3.93. The first-order chi connectivity index (χ1) is 39.5. The standard InChI is InChI=1S/C74H126O6/c1-4-7-10-13-16-19-21-23-25-27-29-31-33-35-36-37-38-40-41-43-45-47-49-51-53-55-58-61-64-67-73(76)79-70-71(69-78-72(75)66-63-60-57-18-15-12-9-6-3)80-74(77)68-65-62-59-56-54-52-50-48-46-44-42-39-34-32-30-28-26-24-22-20-17-14-11-8-5-2/h7,10,16,19,23,25,29,31,35-36,38,40,43,45,49,51,55,58,71H,4-6,8-9,11-15,17-18,20-22,24,26-28,30,32-34,37,39,41-42,44,46-48,50,52-54,56-57,59-70H2,1-3H3/b10-7-,19-16-,25-23-,31-29-,36-35-,40-38-,45-43-,51-49-,58-55-. The zero-order valence-electron chi connectivity index (χ0n) is 52.6. The molecule has 0 aliphatic heterocycles. The summed E-state index contributed by atoms with van der Waals surface area (Å²) in [5.74, 6) is -0.950. The lowest BCUT2D eigenvalue weighted by molar-refractivity contribution is -0.167. The normalized spacial score (nSPS) is 12.8. The molecule has 0 aromatic rings. The molecular formula is C74H126O6. The lowest BCUT2D eigenvalue weighted by Gasteiger charge is -2.18. The predicted molar refractivity (Wildman–Crippen MR) is 348 cm³/mol. The van der Waals surface area contributed by atoms with Crippen LogP contribution < -0.4 is 0 Å². The van der Waals surface area contributed by atoms with Gasteiger partial charge in [0.2, 0.25) is 0 Å². The molecule has 0 heterocycles. The zero-order chi connectivity index (χ0) is 57.8. The second-order valence-corrected chi connectivity index (χ2v) is 22.4. The van der Waals surface area contributed by atoms with E-state index in [0.29, 0.717) is 19.3 Å². The van der Waals surface area contributed by atoms with Crippen LogP contribution in [0.5, 0.6) is 0 Å². The molecule has 80 heavy (non-hydrogen) atoms. The van der Waals surface area contributed by atoms with Gasteiger partial charge in [-0.05, 0) is 83.5 Å². The molecule has 0 amide bonds. The fraction of sp³-hybridized carbons (Fsp3) is 0.716. The van der Waals surface area contributed by atoms with E-state index in [1.165, 1.54) is 173 Å². The van der Waals surface area contributed by atoms with Gasteiger partial charge >= 0.3 is 17.9 Å². The minimum absolute atomic E-state index is 0.0934. The number of hydrogen-bond acceptors (Lipinski definition) is 6. The van der Waals surface area contributed by atoms with Crippen molar-refractivity contribution < 1.29 is 28.6 Å². The molecule has 0 saturated heterocycles. The highest BCUT2D eigenvalue weighted by Crippen LogP contribution is 2.17. The van der Waals surface area contributed by atoms with Crippen molar-refractivity contribution in [3.63, 3.8) is 0 Å². The Balaban J connectivity index is 4.25. The highest BCUT2D eigenvalue weighted by molar-refractivity contribution is 5.71. The zero-order valence-corrected chi connectivity index (χ0v) is 52.6. The van der Waals surface area contributed by atoms with Gasteiger partial charge in [0.1, 0.15) is 13.2 Å². The van der Waals surface area contributed by atoms with E-state index in [2.05, 4.69) is 130 Å². The Bertz CT molecular complexity index is 1610. The number of carbonyl (C=O) groups excluding carboxylic acids is 3. The largest absolute Gasteiger partial charge is 0.462 e. The monoisotopic (exact) mass is 1110 g/mol. The first kappa shape index (κ1) is 76.1. The SMILES string of the molecule is CC/C=C\C/C=C\C/C=C\C/C=C\C/C=C\C/C=C\C/C=C\C/C=C\C/C=C\CCCC(=O)OCC(COC(=O)CCCCCCCCCC)OC(=O)CCCCCCCCCCCCCCCCCCCCCCCCCCC. The molecule has 6 nitrogen and oxygen atoms in total. The summed E-state index contributed by atoms with van der Waals surface area (Å²) in [4.78, 5) is 38.2. The van der Waals surface area contributed by atoms with Gasteiger partial charge in [-0.1, -0.05) is 329 Å². The second kappa shape index (κ2) is 67.6. The molecule has 0 saturated carbocycles. The maximum Gasteiger partial charge on any atom is 0.306 e. The van der Waals surface area contributed by atoms with Gasteiger partial charge in [0, 0.05) is 19.3 Å². The molecular weight excluding hydrogens is 985 g/mol. The molecule has 0 rings (SSSR count). The lowest BCUT2D eigenvalue weighted by atomic mass is 10.0. The van der Waals surface area contributed by atoms with Crippen molar-refractivity contribution in [1.29, 1.82) is 0 Å². The first-order valence-electron chi connectivity index (χ1n) is 33.9. The van der Waals surface area contributed by atoms with Crippen LogP contribution in [0.4, 0.5) is 0 Å². The second-order valence-electron chi connectivity index (χ2n) is 22.4. The van der Waals surface area contributed by atoms with Crippen LogP contribution in [0.25, 0.3) is 0 Å². The third kappa shape index (κ3) is 64.9. The van der Waals surface area contributed by atoms with Crippen LogP contribution in [-0.2, 0) is 28.6 Å². The maximum atomic E-state index is 12.9. The Morgan fingerprint density at radius 2 is 0.487 bits per heavy atom. The Morgan fingerprint density at radius 1 is 0.263 bits per heavy atom. The van der Waals surface area contributed by atoms with Gasteiger partial charge in [-0.25, -0.2) is 0 Å². The van der Waals surface area contributed by atoms with E-state index in [1.54, 1.807) is 0 Å². The fourth-order valence-corrected chi connectivity index (χ4v) is 9.51. The number of esters is 3. The summed E-state index contributed by atoms with van der Waals surface area (Å²) < 4.78 is 16.8. The third-order valence-corrected chi connectivity index (χ3v) is 14.5. The summed E-state index contributed by atoms with van der Waals surface area (Å²) in [6.45, 7) is 6.48. The van der Waals surface area contributed by atoms with Gasteiger partial charge < -0.3 is 14.2 Å². The number of carbonyl (C=O) groups is 3. The van der Waals surface area contributed by atoms with Gasteiger partial charge in [0.05, 0.1) is 0 Å². The van der Waals surface area contributed by atoms with Gasteiger partial charge in [-0.2, -0.15) is 0 Å². The number of hydrogen-bond donors (Lipinski definition) is 0. The summed E-state index contributed by atoms with van der Waals surface area (Å²) in [5, 5.41) is 0. The van der Waals surface area contributed by atoms with Gasteiger partial charge in [0.15, 0.2) is 6.10 Å². The van der Waals surface area contributed by atoms with E-state index in [-0.39, 0.29) is 37.5 Å². The highest BCUT2D eigenvalue weighted by Gasteiger charge is 2.19. The average molecular weight is 1110 g/mol. The van der Waals surface area contributed by atoms with Crippen molar-refractivity contribution in [2.24, 2.45) is 0 Å². The molecule has 0 fully saturated rings. The van der Waals surface area contributed by atoms with Crippen LogP contribution in [0.3, 0.4) is 0 Å². The molecule has 0 aromatic carbocycles. The smallest absolute Gasteiger partial charge is 0.306 e. The van der Waals surface area contributed by atoms with Crippen molar-refractivity contribution in [3.05, 3.63) is 109 Å². The highest BCUT2D eigenvalue weighted by atomic mass is 16.6. The van der Waals surface area contributed by atoms with Crippen molar-refractivity contribution in [2.75, 3.05) is 13.2 Å². The lowest BCUT2D eigenvalue weighted by Crippen LogP contribution is -2.30. The van der Waals surface area contributed by atoms with E-state index in [9.17, 15) is 14.4 Å². The van der Waals surface area contributed by atoms with Crippen molar-refractivity contribution in [2.45, 2.75) is 329 Å². The number of allylic oxidation sites excluding steroid dienone is 18. The molecule has 0 spiro atoms. The number of unbranched alkanes of at least 4 members (excludes halogenated alkanes) is 32. The minimum Gasteiger partial charge on any atom is -0.462 e. The van der Waals surface area contributed by atoms with E-state index in [0.717, 1.165) is 103 Å². The number of rotatable bonds is 61. The van der Waals surface area contributed by atoms with Crippen LogP contribution in [0.1, 0.15) is 323 Å². The fourth-order valence-electron chi connectivity index (χ4n) is 9.51. The van der Waals surface area contributed by atoms with E-state index in [4.69, 9.17) is 14.2 Å².